The molecule has 0 saturated carbocycles. The van der Waals surface area contributed by atoms with Gasteiger partial charge in [0.15, 0.2) is 6.10 Å². The summed E-state index contributed by atoms with van der Waals surface area (Å²) >= 11 is 0. The maximum absolute atomic E-state index is 13.4. The molecule has 0 radical (unpaired) electrons. The van der Waals surface area contributed by atoms with Crippen molar-refractivity contribution in [2.45, 2.75) is 23.3 Å². The minimum absolute atomic E-state index is 0.125. The van der Waals surface area contributed by atoms with Crippen molar-refractivity contribution < 1.29 is 66.6 Å². The summed E-state index contributed by atoms with van der Waals surface area (Å²) < 4.78 is 115. The monoisotopic (exact) mass is 520 g/mol. The third-order valence-electron chi connectivity index (χ3n) is 3.82. The quantitative estimate of drug-likeness (QED) is 0.183. The van der Waals surface area contributed by atoms with Gasteiger partial charge in [-0.1, -0.05) is 30.7 Å². The number of fused-ring (bicyclic) bond motifs is 1. The van der Waals surface area contributed by atoms with Gasteiger partial charge in [-0.05, 0) is 24.3 Å². The molecule has 1 aliphatic rings. The molecule has 2 atom stereocenters. The third kappa shape index (κ3) is 7.39. The number of halogens is 8. The zero-order valence-electron chi connectivity index (χ0n) is 16.2. The number of carbonyl (C=O) groups excluding carboxylic acids is 1. The van der Waals surface area contributed by atoms with Gasteiger partial charge in [0.2, 0.25) is 6.10 Å². The number of rotatable bonds is 10. The average Bonchev–Trinajstić information content (AvgIpc) is 2.68. The highest BCUT2D eigenvalue weighted by molar-refractivity contribution is 8.45. The Balaban J connectivity index is 2.43. The second-order valence-corrected chi connectivity index (χ2v) is 8.75. The zero-order valence-corrected chi connectivity index (χ0v) is 17.0. The highest BCUT2D eigenvalue weighted by atomic mass is 32.5. The Bertz CT molecular complexity index is 910. The van der Waals surface area contributed by atoms with Crippen molar-refractivity contribution in [2.75, 3.05) is 20.3 Å². The highest BCUT2D eigenvalue weighted by Crippen LogP contribution is 3.02. The van der Waals surface area contributed by atoms with Crippen LogP contribution in [0.4, 0.5) is 32.6 Å². The van der Waals surface area contributed by atoms with Gasteiger partial charge < -0.3 is 9.47 Å². The number of hydrogen-bond donors (Lipinski definition) is 3. The lowest BCUT2D eigenvalue weighted by Gasteiger charge is -2.41. The van der Waals surface area contributed by atoms with Gasteiger partial charge in [0.05, 0.1) is 12.7 Å². The number of nitrogens with one attached hydrogen (secondary N) is 2. The van der Waals surface area contributed by atoms with E-state index in [4.69, 9.17) is 9.94 Å². The summed E-state index contributed by atoms with van der Waals surface area (Å²) in [5, 5.41) is 8.44. The predicted molar refractivity (Wildman–Crippen MR) is 93.1 cm³/mol. The summed E-state index contributed by atoms with van der Waals surface area (Å²) in [6.45, 7) is -1.28. The molecular formula is C15H16F8N2O7S. The van der Waals surface area contributed by atoms with Gasteiger partial charge in [-0.15, -0.1) is 0 Å². The first-order valence-corrected chi connectivity index (χ1v) is 10.4. The van der Waals surface area contributed by atoms with E-state index in [2.05, 4.69) is 19.2 Å². The molecule has 18 heteroatoms. The van der Waals surface area contributed by atoms with Crippen molar-refractivity contribution in [1.29, 1.82) is 0 Å². The summed E-state index contributed by atoms with van der Waals surface area (Å²) in [5.74, 6) is -2.57. The summed E-state index contributed by atoms with van der Waals surface area (Å²) in [6, 6.07) is 0.0206. The van der Waals surface area contributed by atoms with E-state index in [0.29, 0.717) is 6.08 Å². The Labute approximate surface area is 179 Å². The number of benzene rings is 1. The minimum atomic E-state index is -10.2. The van der Waals surface area contributed by atoms with Crippen LogP contribution in [0.5, 0.6) is 5.75 Å². The van der Waals surface area contributed by atoms with Gasteiger partial charge in [0.1, 0.15) is 23.9 Å². The fraction of sp³-hybridized carbons (Fsp3) is 0.400. The van der Waals surface area contributed by atoms with E-state index in [0.717, 1.165) is 7.11 Å². The summed E-state index contributed by atoms with van der Waals surface area (Å²) in [5.41, 5.74) is 0.878. The van der Waals surface area contributed by atoms with Gasteiger partial charge in [0.25, 0.3) is 0 Å². The van der Waals surface area contributed by atoms with Crippen molar-refractivity contribution in [3.63, 3.8) is 0 Å². The van der Waals surface area contributed by atoms with Crippen LogP contribution in [-0.4, -0.2) is 49.9 Å². The first-order valence-electron chi connectivity index (χ1n) is 8.41. The van der Waals surface area contributed by atoms with E-state index in [9.17, 15) is 37.4 Å². The second kappa shape index (κ2) is 8.85. The Hall–Kier alpha value is -2.22. The average molecular weight is 520 g/mol. The Morgan fingerprint density at radius 2 is 1.82 bits per heavy atom. The van der Waals surface area contributed by atoms with E-state index < -0.39 is 69.6 Å². The van der Waals surface area contributed by atoms with Crippen LogP contribution in [0.1, 0.15) is 5.56 Å². The molecule has 3 N–H and O–H groups in total. The Kier molecular flexibility index (Phi) is 7.25. The van der Waals surface area contributed by atoms with Crippen LogP contribution < -0.4 is 16.0 Å². The van der Waals surface area contributed by atoms with Gasteiger partial charge in [-0.3, -0.25) is 19.7 Å². The van der Waals surface area contributed by atoms with Crippen molar-refractivity contribution in [1.82, 2.24) is 11.3 Å². The van der Waals surface area contributed by atoms with E-state index in [1.54, 1.807) is 0 Å². The molecule has 1 aromatic carbocycles. The molecule has 33 heavy (non-hydrogen) atoms. The van der Waals surface area contributed by atoms with Crippen LogP contribution in [0.3, 0.4) is 0 Å². The lowest BCUT2D eigenvalue weighted by Crippen LogP contribution is -2.42. The van der Waals surface area contributed by atoms with Gasteiger partial charge in [-0.2, -0.15) is 13.2 Å². The van der Waals surface area contributed by atoms with Crippen LogP contribution >= 0.6 is 10.2 Å². The van der Waals surface area contributed by atoms with Crippen LogP contribution in [-0.2, 0) is 24.0 Å². The Morgan fingerprint density at radius 3 is 2.36 bits per heavy atom. The molecule has 0 saturated heterocycles. The molecule has 1 aliphatic heterocycles. The first kappa shape index (κ1) is 27.0. The molecule has 190 valence electrons. The van der Waals surface area contributed by atoms with E-state index in [-0.39, 0.29) is 18.2 Å². The number of ether oxygens (including phenoxy) is 2. The maximum Gasteiger partial charge on any atom is 0.430 e. The SMILES string of the molecule is CONOCC(CONO)OC(=O)C1=Cc2cc(S(F)(F)(F)(F)F)ccc2OC1C(F)(F)F. The number of carbonyl (C=O) groups is 1. The van der Waals surface area contributed by atoms with Crippen molar-refractivity contribution >= 4 is 22.3 Å². The molecule has 1 heterocycles. The fourth-order valence-electron chi connectivity index (χ4n) is 2.48. The highest BCUT2D eigenvalue weighted by Gasteiger charge is 2.65. The molecule has 9 nitrogen and oxygen atoms in total. The molecule has 0 aromatic heterocycles. The molecule has 0 amide bonds. The molecule has 2 unspecified atom stereocenters. The largest absolute Gasteiger partial charge is 0.475 e. The molecule has 0 aliphatic carbocycles. The predicted octanol–water partition coefficient (Wildman–Crippen LogP) is 3.96. The van der Waals surface area contributed by atoms with Gasteiger partial charge in [-0.25, -0.2) is 4.79 Å². The van der Waals surface area contributed by atoms with E-state index in [1.165, 1.54) is 5.64 Å². The lowest BCUT2D eigenvalue weighted by atomic mass is 10.0. The molecular weight excluding hydrogens is 504 g/mol. The topological polar surface area (TPSA) is 108 Å². The van der Waals surface area contributed by atoms with Crippen LogP contribution in [0.25, 0.3) is 6.08 Å². The van der Waals surface area contributed by atoms with Crippen molar-refractivity contribution in [3.8, 4) is 5.75 Å². The van der Waals surface area contributed by atoms with Crippen molar-refractivity contribution in [3.05, 3.63) is 29.3 Å². The van der Waals surface area contributed by atoms with Crippen LogP contribution in [0.2, 0.25) is 0 Å². The van der Waals surface area contributed by atoms with E-state index in [1.807, 2.05) is 5.64 Å². The fourth-order valence-corrected chi connectivity index (χ4v) is 3.16. The number of hydrogen-bond acceptors (Lipinski definition) is 9. The van der Waals surface area contributed by atoms with Gasteiger partial charge >= 0.3 is 22.4 Å². The van der Waals surface area contributed by atoms with Crippen LogP contribution in [0.15, 0.2) is 28.7 Å². The van der Waals surface area contributed by atoms with Crippen molar-refractivity contribution in [2.24, 2.45) is 0 Å². The molecule has 0 fully saturated rings. The zero-order chi connectivity index (χ0) is 25.1. The molecule has 2 rings (SSSR count). The lowest BCUT2D eigenvalue weighted by molar-refractivity contribution is -0.205. The first-order chi connectivity index (χ1) is 15.0. The molecule has 0 bridgehead atoms. The summed E-state index contributed by atoms with van der Waals surface area (Å²) in [6.07, 6.45) is -9.43. The second-order valence-electron chi connectivity index (χ2n) is 6.34. The van der Waals surface area contributed by atoms with Crippen LogP contribution in [0, 0.1) is 0 Å². The smallest absolute Gasteiger partial charge is 0.430 e. The number of alkyl halides is 3. The molecule has 0 spiro atoms. The maximum atomic E-state index is 13.4. The van der Waals surface area contributed by atoms with E-state index >= 15 is 0 Å². The normalized spacial score (nSPS) is 19.5. The molecule has 1 aromatic rings. The Morgan fingerprint density at radius 1 is 1.18 bits per heavy atom. The summed E-state index contributed by atoms with van der Waals surface area (Å²) in [7, 11) is -9.05. The third-order valence-corrected chi connectivity index (χ3v) is 4.96. The van der Waals surface area contributed by atoms with Gasteiger partial charge in [0, 0.05) is 5.56 Å². The minimum Gasteiger partial charge on any atom is -0.475 e. The number of esters is 1. The summed E-state index contributed by atoms with van der Waals surface area (Å²) in [4.78, 5) is 23.3. The standard InChI is InChI=1S/C15H16F8N2O7S/c1-28-25-30-7-9(6-29-24-27)31-14(26)11-5-8-4-10(33(19,20,21,22)23)2-3-12(8)32-13(11)15(16,17)18/h2-5,9,13,24-25,27H,6-7H2,1H3.